The Morgan fingerprint density at radius 1 is 0.392 bits per heavy atom. The van der Waals surface area contributed by atoms with E-state index in [1.807, 2.05) is 121 Å². The molecule has 0 spiro atoms. The summed E-state index contributed by atoms with van der Waals surface area (Å²) in [7, 11) is -3.22. The van der Waals surface area contributed by atoms with Gasteiger partial charge in [0, 0.05) is 52.8 Å². The summed E-state index contributed by atoms with van der Waals surface area (Å²) in [6.07, 6.45) is 0. The monoisotopic (exact) mass is 691 g/mol. The van der Waals surface area contributed by atoms with Gasteiger partial charge in [-0.3, -0.25) is 0 Å². The molecule has 2 aromatic heterocycles. The molecule has 0 aliphatic rings. The number of fused-ring (bicyclic) bond motifs is 3. The average Bonchev–Trinajstić information content (AvgIpc) is 3.60. The Kier molecular flexibility index (Phi) is 7.93. The fraction of sp³-hybridized carbons (Fsp3) is 0. The highest BCUT2D eigenvalue weighted by Crippen LogP contribution is 2.44. The molecular weight excluding hydrogens is 662 g/mol. The quantitative estimate of drug-likeness (QED) is 0.156. The number of thiophene rings is 1. The van der Waals surface area contributed by atoms with E-state index in [2.05, 4.69) is 60.7 Å². The van der Waals surface area contributed by atoms with Gasteiger partial charge in [0.25, 0.3) is 0 Å². The predicted molar refractivity (Wildman–Crippen MR) is 214 cm³/mol. The van der Waals surface area contributed by atoms with Gasteiger partial charge < -0.3 is 4.57 Å². The molecule has 6 heteroatoms. The lowest BCUT2D eigenvalue weighted by Gasteiger charge is -2.20. The van der Waals surface area contributed by atoms with Crippen molar-refractivity contribution in [1.82, 2.24) is 15.0 Å². The lowest BCUT2D eigenvalue weighted by Crippen LogP contribution is -2.25. The van der Waals surface area contributed by atoms with E-state index in [9.17, 15) is 0 Å². The van der Waals surface area contributed by atoms with E-state index in [0.717, 1.165) is 43.7 Å². The van der Waals surface area contributed by atoms with Gasteiger partial charge in [0.1, 0.15) is 0 Å². The summed E-state index contributed by atoms with van der Waals surface area (Å²) in [5.74, 6) is 1.68. The standard InChI is InChI=1S/C45H30N3OPS/c49-50(35-21-9-3-10-22-35,36-23-11-4-12-24-36)37-25-15-20-33(28-37)44-46-43(32-18-7-2-8-19-32)47-45(48-44)34-29-39(31-16-5-1-6-17-31)42-38-26-13-14-27-40(38)51-41(42)30-34/h1-30H. The van der Waals surface area contributed by atoms with Crippen LogP contribution in [0.15, 0.2) is 182 Å². The van der Waals surface area contributed by atoms with E-state index in [-0.39, 0.29) is 0 Å². The van der Waals surface area contributed by atoms with Crippen molar-refractivity contribution in [2.24, 2.45) is 0 Å². The van der Waals surface area contributed by atoms with Crippen LogP contribution >= 0.6 is 18.5 Å². The van der Waals surface area contributed by atoms with Gasteiger partial charge in [-0.25, -0.2) is 15.0 Å². The molecule has 9 rings (SSSR count). The summed E-state index contributed by atoms with van der Waals surface area (Å²) in [5.41, 5.74) is 4.84. The van der Waals surface area contributed by atoms with E-state index in [1.54, 1.807) is 11.3 Å². The summed E-state index contributed by atoms with van der Waals surface area (Å²) in [4.78, 5) is 15.3. The van der Waals surface area contributed by atoms with Crippen molar-refractivity contribution >= 4 is 54.6 Å². The van der Waals surface area contributed by atoms with Crippen molar-refractivity contribution in [3.05, 3.63) is 182 Å². The molecule has 0 saturated heterocycles. The number of hydrogen-bond acceptors (Lipinski definition) is 5. The second-order valence-corrected chi connectivity index (χ2v) is 16.2. The van der Waals surface area contributed by atoms with Crippen LogP contribution in [0.2, 0.25) is 0 Å². The van der Waals surface area contributed by atoms with Crippen molar-refractivity contribution in [1.29, 1.82) is 0 Å². The van der Waals surface area contributed by atoms with Crippen LogP contribution in [0.3, 0.4) is 0 Å². The normalized spacial score (nSPS) is 11.6. The Hall–Kier alpha value is -6.00. The smallest absolute Gasteiger partial charge is 0.171 e. The van der Waals surface area contributed by atoms with Gasteiger partial charge in [-0.15, -0.1) is 11.3 Å². The first-order valence-electron chi connectivity index (χ1n) is 16.8. The molecule has 7 aromatic carbocycles. The summed E-state index contributed by atoms with van der Waals surface area (Å²) in [5, 5.41) is 4.74. The third-order valence-electron chi connectivity index (χ3n) is 9.20. The highest BCUT2D eigenvalue weighted by atomic mass is 32.1. The third-order valence-corrected chi connectivity index (χ3v) is 13.4. The zero-order valence-electron chi connectivity index (χ0n) is 27.4. The Morgan fingerprint density at radius 3 is 1.53 bits per heavy atom. The maximum Gasteiger partial charge on any atom is 0.171 e. The summed E-state index contributed by atoms with van der Waals surface area (Å²) < 4.78 is 17.7. The minimum absolute atomic E-state index is 0.520. The van der Waals surface area contributed by atoms with Crippen LogP contribution in [0.1, 0.15) is 0 Å². The summed E-state index contributed by atoms with van der Waals surface area (Å²) in [6, 6.07) is 60.8. The fourth-order valence-corrected chi connectivity index (χ4v) is 10.6. The van der Waals surface area contributed by atoms with Gasteiger partial charge in [0.2, 0.25) is 0 Å². The molecule has 0 saturated carbocycles. The highest BCUT2D eigenvalue weighted by Gasteiger charge is 2.30. The molecule has 2 heterocycles. The molecule has 0 radical (unpaired) electrons. The minimum Gasteiger partial charge on any atom is -0.309 e. The van der Waals surface area contributed by atoms with Crippen LogP contribution in [0.25, 0.3) is 65.5 Å². The number of hydrogen-bond donors (Lipinski definition) is 0. The number of benzene rings is 7. The van der Waals surface area contributed by atoms with Crippen LogP contribution in [-0.4, -0.2) is 15.0 Å². The second kappa shape index (κ2) is 13.0. The van der Waals surface area contributed by atoms with Crippen LogP contribution in [0.4, 0.5) is 0 Å². The van der Waals surface area contributed by atoms with E-state index >= 15 is 4.57 Å². The molecule has 9 aromatic rings. The summed E-state index contributed by atoms with van der Waals surface area (Å²) >= 11 is 1.78. The zero-order valence-corrected chi connectivity index (χ0v) is 29.1. The van der Waals surface area contributed by atoms with Crippen LogP contribution in [-0.2, 0) is 4.57 Å². The van der Waals surface area contributed by atoms with Crippen LogP contribution in [0, 0.1) is 0 Å². The topological polar surface area (TPSA) is 55.7 Å². The Morgan fingerprint density at radius 2 is 0.882 bits per heavy atom. The first-order valence-corrected chi connectivity index (χ1v) is 19.3. The van der Waals surface area contributed by atoms with E-state index < -0.39 is 7.14 Å². The largest absolute Gasteiger partial charge is 0.309 e. The fourth-order valence-electron chi connectivity index (χ4n) is 6.74. The molecule has 242 valence electrons. The van der Waals surface area contributed by atoms with Crippen molar-refractivity contribution in [3.63, 3.8) is 0 Å². The Balaban J connectivity index is 1.26. The van der Waals surface area contributed by atoms with Crippen molar-refractivity contribution in [2.45, 2.75) is 0 Å². The number of rotatable bonds is 7. The molecule has 51 heavy (non-hydrogen) atoms. The minimum atomic E-state index is -3.22. The average molecular weight is 692 g/mol. The van der Waals surface area contributed by atoms with E-state index in [1.165, 1.54) is 20.2 Å². The van der Waals surface area contributed by atoms with Gasteiger partial charge in [-0.2, -0.15) is 0 Å². The molecule has 0 unspecified atom stereocenters. The Bertz CT molecular complexity index is 2670. The number of aromatic nitrogens is 3. The molecule has 0 bridgehead atoms. The lowest BCUT2D eigenvalue weighted by molar-refractivity contribution is 0.592. The molecule has 0 aliphatic heterocycles. The lowest BCUT2D eigenvalue weighted by atomic mass is 9.97. The second-order valence-electron chi connectivity index (χ2n) is 12.4. The molecular formula is C45H30N3OPS. The maximum atomic E-state index is 15.3. The first-order chi connectivity index (χ1) is 25.1. The van der Waals surface area contributed by atoms with Crippen molar-refractivity contribution < 1.29 is 4.57 Å². The van der Waals surface area contributed by atoms with Crippen LogP contribution in [0.5, 0.6) is 0 Å². The zero-order chi connectivity index (χ0) is 34.2. The molecule has 0 amide bonds. The van der Waals surface area contributed by atoms with Gasteiger partial charge in [-0.05, 0) is 35.4 Å². The third kappa shape index (κ3) is 5.67. The van der Waals surface area contributed by atoms with Crippen molar-refractivity contribution in [3.8, 4) is 45.3 Å². The van der Waals surface area contributed by atoms with Crippen molar-refractivity contribution in [2.75, 3.05) is 0 Å². The van der Waals surface area contributed by atoms with E-state index in [4.69, 9.17) is 15.0 Å². The van der Waals surface area contributed by atoms with Gasteiger partial charge in [0.15, 0.2) is 24.6 Å². The SMILES string of the molecule is O=P(c1ccccc1)(c1ccccc1)c1cccc(-c2nc(-c3ccccc3)nc(-c3cc(-c4ccccc4)c4c(c3)sc3ccccc34)n2)c1. The molecule has 0 aliphatic carbocycles. The maximum absolute atomic E-state index is 15.3. The van der Waals surface area contributed by atoms with E-state index in [0.29, 0.717) is 17.5 Å². The van der Waals surface area contributed by atoms with Crippen LogP contribution < -0.4 is 15.9 Å². The molecule has 4 nitrogen and oxygen atoms in total. The predicted octanol–water partition coefficient (Wildman–Crippen LogP) is 10.5. The Labute approximate surface area is 300 Å². The van der Waals surface area contributed by atoms with Gasteiger partial charge >= 0.3 is 0 Å². The molecule has 0 fully saturated rings. The van der Waals surface area contributed by atoms with Gasteiger partial charge in [-0.1, -0.05) is 158 Å². The van der Waals surface area contributed by atoms with Gasteiger partial charge in [0.05, 0.1) is 0 Å². The highest BCUT2D eigenvalue weighted by molar-refractivity contribution is 7.85. The molecule has 0 N–H and O–H groups in total. The first kappa shape index (κ1) is 31.0. The number of nitrogens with zero attached hydrogens (tertiary/aromatic N) is 3. The summed E-state index contributed by atoms with van der Waals surface area (Å²) in [6.45, 7) is 0. The molecule has 0 atom stereocenters.